The lowest BCUT2D eigenvalue weighted by Gasteiger charge is -2.15. The maximum absolute atomic E-state index is 13.7. The molecule has 3 aromatic rings. The van der Waals surface area contributed by atoms with Crippen LogP contribution in [0.3, 0.4) is 0 Å². The van der Waals surface area contributed by atoms with Crippen LogP contribution in [0.25, 0.3) is 11.0 Å². The number of ether oxygens (including phenoxy) is 1. The lowest BCUT2D eigenvalue weighted by Crippen LogP contribution is -2.11. The smallest absolute Gasteiger partial charge is 0.341 e. The Morgan fingerprint density at radius 2 is 2.04 bits per heavy atom. The van der Waals surface area contributed by atoms with Crippen LogP contribution in [0.4, 0.5) is 15.8 Å². The zero-order chi connectivity index (χ0) is 18.7. The Labute approximate surface area is 151 Å². The molecule has 0 unspecified atom stereocenters. The van der Waals surface area contributed by atoms with Crippen LogP contribution < -0.4 is 5.32 Å². The first-order valence-corrected chi connectivity index (χ1v) is 8.46. The Balaban J connectivity index is 2.15. The Morgan fingerprint density at radius 1 is 1.23 bits per heavy atom. The standard InChI is InChI=1S/C20H20FN3O2/c1-4-9-26-20(25)16-11-22-19-15(8-6-13(3)23-19)18(16)24-17-10-14(21)7-5-12(17)2/h5-8,10-11H,4,9H2,1-3H3,(H,22,23,24). The monoisotopic (exact) mass is 353 g/mol. The van der Waals surface area contributed by atoms with Crippen molar-refractivity contribution in [3.05, 3.63) is 59.2 Å². The number of aromatic nitrogens is 2. The predicted molar refractivity (Wildman–Crippen MR) is 99.3 cm³/mol. The van der Waals surface area contributed by atoms with Gasteiger partial charge in [0.2, 0.25) is 0 Å². The molecule has 1 aromatic carbocycles. The zero-order valence-corrected chi connectivity index (χ0v) is 15.0. The van der Waals surface area contributed by atoms with Crippen molar-refractivity contribution in [2.24, 2.45) is 0 Å². The number of nitrogens with one attached hydrogen (secondary N) is 1. The number of hydrogen-bond acceptors (Lipinski definition) is 5. The van der Waals surface area contributed by atoms with Crippen molar-refractivity contribution in [1.82, 2.24) is 9.97 Å². The third-order valence-electron chi connectivity index (χ3n) is 3.99. The highest BCUT2D eigenvalue weighted by Gasteiger charge is 2.18. The van der Waals surface area contributed by atoms with Crippen LogP contribution in [-0.4, -0.2) is 22.5 Å². The number of anilines is 2. The fourth-order valence-corrected chi connectivity index (χ4v) is 2.60. The number of rotatable bonds is 5. The molecular weight excluding hydrogens is 333 g/mol. The average Bonchev–Trinajstić information content (AvgIpc) is 2.62. The Kier molecular flexibility index (Phi) is 5.11. The van der Waals surface area contributed by atoms with E-state index in [-0.39, 0.29) is 5.82 Å². The van der Waals surface area contributed by atoms with Gasteiger partial charge in [-0.05, 0) is 50.1 Å². The first-order chi connectivity index (χ1) is 12.5. The molecule has 0 aliphatic rings. The summed E-state index contributed by atoms with van der Waals surface area (Å²) < 4.78 is 19.0. The quantitative estimate of drug-likeness (QED) is 0.674. The number of nitrogens with zero attached hydrogens (tertiary/aromatic N) is 2. The van der Waals surface area contributed by atoms with Gasteiger partial charge in [-0.1, -0.05) is 13.0 Å². The van der Waals surface area contributed by atoms with Crippen LogP contribution in [0.1, 0.15) is 35.0 Å². The number of hydrogen-bond donors (Lipinski definition) is 1. The molecule has 0 saturated carbocycles. The number of aryl methyl sites for hydroxylation is 2. The summed E-state index contributed by atoms with van der Waals surface area (Å²) in [5, 5.41) is 3.85. The number of fused-ring (bicyclic) bond motifs is 1. The normalized spacial score (nSPS) is 10.8. The fourth-order valence-electron chi connectivity index (χ4n) is 2.60. The van der Waals surface area contributed by atoms with Crippen LogP contribution >= 0.6 is 0 Å². The highest BCUT2D eigenvalue weighted by molar-refractivity contribution is 6.05. The summed E-state index contributed by atoms with van der Waals surface area (Å²) in [4.78, 5) is 21.2. The first-order valence-electron chi connectivity index (χ1n) is 8.46. The first kappa shape index (κ1) is 17.8. The molecule has 0 fully saturated rings. The predicted octanol–water partition coefficient (Wildman–Crippen LogP) is 4.70. The van der Waals surface area contributed by atoms with Crippen molar-refractivity contribution < 1.29 is 13.9 Å². The minimum Gasteiger partial charge on any atom is -0.462 e. The highest BCUT2D eigenvalue weighted by atomic mass is 19.1. The van der Waals surface area contributed by atoms with Crippen LogP contribution in [-0.2, 0) is 4.74 Å². The molecule has 0 aliphatic carbocycles. The molecule has 2 heterocycles. The Bertz CT molecular complexity index is 973. The summed E-state index contributed by atoms with van der Waals surface area (Å²) in [6.07, 6.45) is 2.17. The van der Waals surface area contributed by atoms with Crippen molar-refractivity contribution in [3.63, 3.8) is 0 Å². The summed E-state index contributed by atoms with van der Waals surface area (Å²) in [6.45, 7) is 5.98. The third kappa shape index (κ3) is 3.64. The van der Waals surface area contributed by atoms with E-state index in [1.165, 1.54) is 18.3 Å². The van der Waals surface area contributed by atoms with Gasteiger partial charge in [0.15, 0.2) is 5.65 Å². The zero-order valence-electron chi connectivity index (χ0n) is 15.0. The van der Waals surface area contributed by atoms with Gasteiger partial charge in [-0.3, -0.25) is 0 Å². The van der Waals surface area contributed by atoms with E-state index in [0.29, 0.717) is 34.6 Å². The summed E-state index contributed by atoms with van der Waals surface area (Å²) in [5.41, 5.74) is 3.55. The number of esters is 1. The highest BCUT2D eigenvalue weighted by Crippen LogP contribution is 2.30. The van der Waals surface area contributed by atoms with Gasteiger partial charge in [0.1, 0.15) is 11.4 Å². The van der Waals surface area contributed by atoms with E-state index in [1.54, 1.807) is 6.07 Å². The van der Waals surface area contributed by atoms with Crippen LogP contribution in [0.5, 0.6) is 0 Å². The van der Waals surface area contributed by atoms with E-state index in [2.05, 4.69) is 15.3 Å². The van der Waals surface area contributed by atoms with Crippen LogP contribution in [0.15, 0.2) is 36.5 Å². The van der Waals surface area contributed by atoms with E-state index < -0.39 is 5.97 Å². The molecule has 134 valence electrons. The minimum absolute atomic E-state index is 0.292. The molecular formula is C20H20FN3O2. The van der Waals surface area contributed by atoms with Gasteiger partial charge < -0.3 is 10.1 Å². The van der Waals surface area contributed by atoms with Gasteiger partial charge >= 0.3 is 5.97 Å². The van der Waals surface area contributed by atoms with Crippen LogP contribution in [0.2, 0.25) is 0 Å². The molecule has 6 heteroatoms. The van der Waals surface area contributed by atoms with Gasteiger partial charge in [0.05, 0.1) is 12.3 Å². The van der Waals surface area contributed by atoms with E-state index >= 15 is 0 Å². The third-order valence-corrected chi connectivity index (χ3v) is 3.99. The van der Waals surface area contributed by atoms with Crippen molar-refractivity contribution >= 4 is 28.4 Å². The van der Waals surface area contributed by atoms with Crippen molar-refractivity contribution in [2.45, 2.75) is 27.2 Å². The summed E-state index contributed by atoms with van der Waals surface area (Å²) >= 11 is 0. The van der Waals surface area contributed by atoms with Gasteiger partial charge in [-0.25, -0.2) is 19.2 Å². The largest absolute Gasteiger partial charge is 0.462 e. The summed E-state index contributed by atoms with van der Waals surface area (Å²) in [7, 11) is 0. The maximum Gasteiger partial charge on any atom is 0.341 e. The number of pyridine rings is 2. The van der Waals surface area contributed by atoms with E-state index in [0.717, 1.165) is 17.7 Å². The molecule has 1 N–H and O–H groups in total. The summed E-state index contributed by atoms with van der Waals surface area (Å²) in [5.74, 6) is -0.834. The molecule has 5 nitrogen and oxygen atoms in total. The topological polar surface area (TPSA) is 64.1 Å². The van der Waals surface area contributed by atoms with E-state index in [4.69, 9.17) is 4.74 Å². The molecule has 3 rings (SSSR count). The molecule has 0 saturated heterocycles. The van der Waals surface area contributed by atoms with Gasteiger partial charge in [-0.2, -0.15) is 0 Å². The number of carbonyl (C=O) groups excluding carboxylic acids is 1. The Morgan fingerprint density at radius 3 is 2.81 bits per heavy atom. The van der Waals surface area contributed by atoms with Gasteiger partial charge in [-0.15, -0.1) is 0 Å². The minimum atomic E-state index is -0.474. The molecule has 0 radical (unpaired) electrons. The van der Waals surface area contributed by atoms with Crippen molar-refractivity contribution in [2.75, 3.05) is 11.9 Å². The number of benzene rings is 1. The lowest BCUT2D eigenvalue weighted by molar-refractivity contribution is 0.0506. The summed E-state index contributed by atoms with van der Waals surface area (Å²) in [6, 6.07) is 8.16. The lowest BCUT2D eigenvalue weighted by atomic mass is 10.1. The molecule has 26 heavy (non-hydrogen) atoms. The average molecular weight is 353 g/mol. The SMILES string of the molecule is CCCOC(=O)c1cnc2nc(C)ccc2c1Nc1cc(F)ccc1C. The van der Waals surface area contributed by atoms with Gasteiger partial charge in [0.25, 0.3) is 0 Å². The molecule has 0 atom stereocenters. The van der Waals surface area contributed by atoms with Crippen LogP contribution in [0, 0.1) is 19.7 Å². The number of carbonyl (C=O) groups is 1. The van der Waals surface area contributed by atoms with Crippen molar-refractivity contribution in [1.29, 1.82) is 0 Å². The molecule has 0 spiro atoms. The second-order valence-electron chi connectivity index (χ2n) is 6.09. The second kappa shape index (κ2) is 7.47. The van der Waals surface area contributed by atoms with Gasteiger partial charge in [0, 0.05) is 23.0 Å². The fraction of sp³-hybridized carbons (Fsp3) is 0.250. The second-order valence-corrected chi connectivity index (χ2v) is 6.09. The Hall–Kier alpha value is -3.02. The molecule has 0 aliphatic heterocycles. The van der Waals surface area contributed by atoms with Crippen molar-refractivity contribution in [3.8, 4) is 0 Å². The van der Waals surface area contributed by atoms with E-state index in [1.807, 2.05) is 32.9 Å². The maximum atomic E-state index is 13.7. The molecule has 0 amide bonds. The van der Waals surface area contributed by atoms with E-state index in [9.17, 15) is 9.18 Å². The number of halogens is 1. The molecule has 0 bridgehead atoms. The molecule has 2 aromatic heterocycles.